The van der Waals surface area contributed by atoms with Crippen LogP contribution in [-0.2, 0) is 0 Å². The number of allylic oxidation sites excluding steroid dienone is 1. The highest BCUT2D eigenvalue weighted by atomic mass is 16.3. The molecule has 5 N–H and O–H groups in total. The number of furan rings is 1. The van der Waals surface area contributed by atoms with Gasteiger partial charge < -0.3 is 20.9 Å². The smallest absolute Gasteiger partial charge is 0.144 e. The Bertz CT molecular complexity index is 2640. The van der Waals surface area contributed by atoms with Crippen LogP contribution in [0.4, 0.5) is 0 Å². The molecule has 0 amide bonds. The van der Waals surface area contributed by atoms with Crippen LogP contribution in [-0.4, -0.2) is 4.98 Å². The van der Waals surface area contributed by atoms with Crippen molar-refractivity contribution in [3.63, 3.8) is 0 Å². The number of rotatable bonds is 4. The Morgan fingerprint density at radius 3 is 2.33 bits per heavy atom. The number of H-pyrrole nitrogens is 1. The summed E-state index contributed by atoms with van der Waals surface area (Å²) in [7, 11) is 0. The quantitative estimate of drug-likeness (QED) is 0.195. The van der Waals surface area contributed by atoms with E-state index in [-0.39, 0.29) is 0 Å². The monoisotopic (exact) mass is 581 g/mol. The van der Waals surface area contributed by atoms with Gasteiger partial charge in [0.2, 0.25) is 0 Å². The van der Waals surface area contributed by atoms with Crippen molar-refractivity contribution >= 4 is 78.6 Å². The molecular formula is C41H31N3O. The Morgan fingerprint density at radius 2 is 1.56 bits per heavy atom. The van der Waals surface area contributed by atoms with Crippen molar-refractivity contribution in [2.75, 3.05) is 0 Å². The van der Waals surface area contributed by atoms with Gasteiger partial charge in [-0.2, -0.15) is 0 Å². The normalized spacial score (nSPS) is 13.2. The van der Waals surface area contributed by atoms with E-state index in [2.05, 4.69) is 96.5 Å². The molecule has 45 heavy (non-hydrogen) atoms. The Hall–Kier alpha value is -6.00. The Morgan fingerprint density at radius 1 is 0.756 bits per heavy atom. The van der Waals surface area contributed by atoms with Gasteiger partial charge in [-0.15, -0.1) is 0 Å². The molecule has 0 fully saturated rings. The number of aromatic nitrogens is 1. The van der Waals surface area contributed by atoms with Crippen LogP contribution in [0.1, 0.15) is 23.6 Å². The molecule has 0 atom stereocenters. The maximum atomic E-state index is 7.00. The third-order valence-electron chi connectivity index (χ3n) is 8.91. The minimum atomic E-state index is 0.666. The highest BCUT2D eigenvalue weighted by Crippen LogP contribution is 2.45. The van der Waals surface area contributed by atoms with E-state index in [0.29, 0.717) is 5.70 Å². The Labute approximate surface area is 259 Å². The summed E-state index contributed by atoms with van der Waals surface area (Å²) in [5, 5.41) is 8.30. The van der Waals surface area contributed by atoms with E-state index in [1.807, 2.05) is 43.3 Å². The molecule has 0 aliphatic heterocycles. The minimum Gasteiger partial charge on any atom is -0.455 e. The van der Waals surface area contributed by atoms with E-state index >= 15 is 0 Å². The van der Waals surface area contributed by atoms with Gasteiger partial charge in [0.25, 0.3) is 0 Å². The summed E-state index contributed by atoms with van der Waals surface area (Å²) < 4.78 is 6.77. The number of nitrogens with two attached hydrogens (primary N) is 2. The zero-order valence-corrected chi connectivity index (χ0v) is 24.9. The molecule has 0 saturated carbocycles. The molecule has 0 saturated heterocycles. The molecule has 0 radical (unpaired) electrons. The number of hydrogen-bond donors (Lipinski definition) is 3. The zero-order valence-electron chi connectivity index (χ0n) is 24.9. The summed E-state index contributed by atoms with van der Waals surface area (Å²) in [4.78, 5) is 3.74. The maximum absolute atomic E-state index is 7.00. The molecule has 4 nitrogen and oxygen atoms in total. The first-order chi connectivity index (χ1) is 22.1. The van der Waals surface area contributed by atoms with Gasteiger partial charge in [0.15, 0.2) is 0 Å². The molecule has 2 aromatic heterocycles. The summed E-state index contributed by atoms with van der Waals surface area (Å²) in [6.07, 6.45) is 7.63. The zero-order chi connectivity index (χ0) is 30.7. The summed E-state index contributed by atoms with van der Waals surface area (Å²) in [5.41, 5.74) is 22.8. The fourth-order valence-electron chi connectivity index (χ4n) is 6.79. The van der Waals surface area contributed by atoms with Crippen molar-refractivity contribution in [3.05, 3.63) is 143 Å². The van der Waals surface area contributed by atoms with Gasteiger partial charge in [0, 0.05) is 60.5 Å². The van der Waals surface area contributed by atoms with Crippen LogP contribution in [0.5, 0.6) is 0 Å². The third kappa shape index (κ3) is 4.00. The summed E-state index contributed by atoms with van der Waals surface area (Å²) in [6, 6.07) is 35.6. The molecule has 216 valence electrons. The van der Waals surface area contributed by atoms with Crippen molar-refractivity contribution in [2.24, 2.45) is 11.5 Å². The molecule has 4 heteroatoms. The summed E-state index contributed by atoms with van der Waals surface area (Å²) >= 11 is 0. The molecular weight excluding hydrogens is 550 g/mol. The van der Waals surface area contributed by atoms with Crippen LogP contribution in [0.2, 0.25) is 0 Å². The second-order valence-corrected chi connectivity index (χ2v) is 11.4. The largest absolute Gasteiger partial charge is 0.455 e. The molecule has 6 aromatic carbocycles. The van der Waals surface area contributed by atoms with E-state index in [4.69, 9.17) is 15.9 Å². The average Bonchev–Trinajstić information content (AvgIpc) is 3.67. The molecule has 8 rings (SSSR count). The topological polar surface area (TPSA) is 81.0 Å². The second-order valence-electron chi connectivity index (χ2n) is 11.4. The fourth-order valence-corrected chi connectivity index (χ4v) is 6.79. The lowest BCUT2D eigenvalue weighted by atomic mass is 9.96. The number of benzene rings is 6. The fraction of sp³-hybridized carbons (Fsp3) is 0.0244. The predicted octanol–water partition coefficient (Wildman–Crippen LogP) is 8.53. The lowest BCUT2D eigenvalue weighted by Crippen LogP contribution is -2.31. The van der Waals surface area contributed by atoms with E-state index in [9.17, 15) is 0 Å². The number of nitrogens with one attached hydrogen (secondary N) is 1. The lowest BCUT2D eigenvalue weighted by molar-refractivity contribution is 0.672. The predicted molar refractivity (Wildman–Crippen MR) is 192 cm³/mol. The first kappa shape index (κ1) is 26.6. The van der Waals surface area contributed by atoms with E-state index < -0.39 is 0 Å². The van der Waals surface area contributed by atoms with Crippen molar-refractivity contribution in [2.45, 2.75) is 6.92 Å². The van der Waals surface area contributed by atoms with Crippen LogP contribution in [0, 0.1) is 0 Å². The molecule has 0 aliphatic rings. The Kier molecular flexibility index (Phi) is 6.10. The highest BCUT2D eigenvalue weighted by molar-refractivity contribution is 6.35. The van der Waals surface area contributed by atoms with Gasteiger partial charge in [0.1, 0.15) is 11.2 Å². The van der Waals surface area contributed by atoms with Crippen molar-refractivity contribution in [1.29, 1.82) is 0 Å². The van der Waals surface area contributed by atoms with Crippen molar-refractivity contribution < 1.29 is 4.42 Å². The van der Waals surface area contributed by atoms with E-state index in [1.165, 1.54) is 0 Å². The number of hydrogen-bond acceptors (Lipinski definition) is 3. The molecule has 0 unspecified atom stereocenters. The van der Waals surface area contributed by atoms with Crippen LogP contribution in [0.25, 0.3) is 89.7 Å². The second kappa shape index (κ2) is 10.3. The van der Waals surface area contributed by atoms with Gasteiger partial charge >= 0.3 is 0 Å². The molecule has 8 aromatic rings. The van der Waals surface area contributed by atoms with Gasteiger partial charge in [0.05, 0.1) is 5.52 Å². The molecule has 0 aliphatic carbocycles. The van der Waals surface area contributed by atoms with Crippen LogP contribution in [0.3, 0.4) is 0 Å². The van der Waals surface area contributed by atoms with E-state index in [0.717, 1.165) is 92.8 Å². The number of aromatic amines is 1. The van der Waals surface area contributed by atoms with Crippen molar-refractivity contribution in [1.82, 2.24) is 4.98 Å². The van der Waals surface area contributed by atoms with Gasteiger partial charge in [-0.05, 0) is 58.7 Å². The third-order valence-corrected chi connectivity index (χ3v) is 8.91. The van der Waals surface area contributed by atoms with Crippen LogP contribution in [0.15, 0.2) is 120 Å². The van der Waals surface area contributed by atoms with Crippen LogP contribution < -0.4 is 21.9 Å². The minimum absolute atomic E-state index is 0.666. The van der Waals surface area contributed by atoms with Crippen molar-refractivity contribution in [3.8, 4) is 11.1 Å². The first-order valence-corrected chi connectivity index (χ1v) is 15.1. The lowest BCUT2D eigenvalue weighted by Gasteiger charge is -2.07. The molecule has 2 heterocycles. The first-order valence-electron chi connectivity index (χ1n) is 15.1. The highest BCUT2D eigenvalue weighted by Gasteiger charge is 2.21. The summed E-state index contributed by atoms with van der Waals surface area (Å²) in [6.45, 7) is 6.15. The molecule has 0 bridgehead atoms. The summed E-state index contributed by atoms with van der Waals surface area (Å²) in [5.74, 6) is 0. The maximum Gasteiger partial charge on any atom is 0.144 e. The van der Waals surface area contributed by atoms with Crippen LogP contribution >= 0.6 is 0 Å². The average molecular weight is 582 g/mol. The van der Waals surface area contributed by atoms with Gasteiger partial charge in [-0.25, -0.2) is 0 Å². The SMILES string of the molecule is C=Cc1c(/C=C\C)ccc2c1oc1c3ccccc3c3[nH]c4ccc(/C(N)=c5\cc(-c6ccccc6)cc\c5=C\N)cc4c3c21. The van der Waals surface area contributed by atoms with Gasteiger partial charge in [-0.1, -0.05) is 104 Å². The van der Waals surface area contributed by atoms with Gasteiger partial charge in [-0.3, -0.25) is 0 Å². The number of fused-ring (bicyclic) bond motifs is 10. The standard InChI is InChI=1S/C41H31N3O/c1-3-10-25-17-19-32-37-36-34-22-27(38(43)33-21-26(15-16-28(33)23-42)24-11-6-5-7-12-24)18-20-35(34)44-39(36)30-13-8-9-14-31(30)41(37)45-40(32)29(25)4-2/h3-23,44H,2,42-43H2,1H3/b10-3-,28-23-,38-33-. The molecule has 0 spiro atoms. The van der Waals surface area contributed by atoms with E-state index in [1.54, 1.807) is 6.20 Å². The Balaban J connectivity index is 1.48.